The third-order valence-electron chi connectivity index (χ3n) is 5.16. The zero-order valence-electron chi connectivity index (χ0n) is 15.8. The molecule has 150 valence electrons. The van der Waals surface area contributed by atoms with E-state index in [1.807, 2.05) is 31.1 Å². The van der Waals surface area contributed by atoms with Gasteiger partial charge < -0.3 is 19.5 Å². The summed E-state index contributed by atoms with van der Waals surface area (Å²) >= 11 is 4.82. The number of hydrogen-bond acceptors (Lipinski definition) is 6. The molecule has 0 bridgehead atoms. The second kappa shape index (κ2) is 7.33. The van der Waals surface area contributed by atoms with Crippen molar-refractivity contribution in [1.29, 1.82) is 0 Å². The van der Waals surface area contributed by atoms with Crippen LogP contribution in [0.25, 0.3) is 0 Å². The van der Waals surface area contributed by atoms with Crippen LogP contribution in [0.15, 0.2) is 9.98 Å². The number of likely N-dealkylation sites (tertiary alicyclic amines) is 1. The number of rotatable bonds is 4. The van der Waals surface area contributed by atoms with Gasteiger partial charge in [0, 0.05) is 30.3 Å². The first-order chi connectivity index (χ1) is 12.6. The number of amides is 1. The molecular formula is C18H25BrN2O5S. The molecule has 2 fully saturated rings. The normalized spacial score (nSPS) is 24.5. The second-order valence-corrected chi connectivity index (χ2v) is 9.96. The van der Waals surface area contributed by atoms with Gasteiger partial charge in [-0.15, -0.1) is 11.3 Å². The van der Waals surface area contributed by atoms with Crippen LogP contribution in [0.2, 0.25) is 0 Å². The molecule has 2 heterocycles. The highest BCUT2D eigenvalue weighted by atomic mass is 79.9. The molecular weight excluding hydrogens is 436 g/mol. The highest BCUT2D eigenvalue weighted by molar-refractivity contribution is 9.10. The number of carboxylic acid groups (broad SMARTS) is 1. The van der Waals surface area contributed by atoms with Gasteiger partial charge in [-0.2, -0.15) is 0 Å². The molecule has 1 aromatic rings. The molecule has 1 atom stereocenters. The van der Waals surface area contributed by atoms with Crippen molar-refractivity contribution >= 4 is 39.3 Å². The molecule has 3 rings (SSSR count). The van der Waals surface area contributed by atoms with E-state index in [0.717, 1.165) is 24.3 Å². The molecule has 9 heteroatoms. The van der Waals surface area contributed by atoms with Gasteiger partial charge in [0.1, 0.15) is 27.4 Å². The average molecular weight is 461 g/mol. The first-order valence-corrected chi connectivity index (χ1v) is 10.7. The fourth-order valence-corrected chi connectivity index (χ4v) is 5.34. The second-order valence-electron chi connectivity index (χ2n) is 8.29. The molecule has 2 aliphatic rings. The lowest BCUT2D eigenvalue weighted by atomic mass is 9.65. The third kappa shape index (κ3) is 4.30. The van der Waals surface area contributed by atoms with E-state index in [1.165, 1.54) is 11.3 Å². The summed E-state index contributed by atoms with van der Waals surface area (Å²) in [5, 5.41) is 11.8. The molecule has 1 saturated heterocycles. The predicted octanol–water partition coefficient (Wildman–Crippen LogP) is 4.16. The van der Waals surface area contributed by atoms with Crippen molar-refractivity contribution in [2.75, 3.05) is 13.2 Å². The van der Waals surface area contributed by atoms with Crippen LogP contribution < -0.4 is 0 Å². The van der Waals surface area contributed by atoms with E-state index < -0.39 is 17.2 Å². The quantitative estimate of drug-likeness (QED) is 0.725. The number of piperidine rings is 1. The topological polar surface area (TPSA) is 89.0 Å². The van der Waals surface area contributed by atoms with Crippen LogP contribution in [0.3, 0.4) is 0 Å². The molecule has 1 aliphatic heterocycles. The van der Waals surface area contributed by atoms with E-state index in [-0.39, 0.29) is 18.2 Å². The fourth-order valence-electron chi connectivity index (χ4n) is 3.91. The molecule has 1 N–H and O–H groups in total. The molecule has 1 saturated carbocycles. The van der Waals surface area contributed by atoms with Crippen LogP contribution in [-0.4, -0.2) is 51.3 Å². The Morgan fingerprint density at radius 2 is 2.07 bits per heavy atom. The Kier molecular flexibility index (Phi) is 5.58. The summed E-state index contributed by atoms with van der Waals surface area (Å²) < 4.78 is 12.3. The molecule has 27 heavy (non-hydrogen) atoms. The molecule has 1 spiro atoms. The number of nitrogens with zero attached hydrogens (tertiary/aromatic N) is 2. The maximum absolute atomic E-state index is 12.8. The first kappa shape index (κ1) is 20.5. The molecule has 1 aromatic heterocycles. The number of hydrogen-bond donors (Lipinski definition) is 1. The number of carboxylic acids is 1. The Labute approximate surface area is 171 Å². The van der Waals surface area contributed by atoms with Crippen LogP contribution in [0.5, 0.6) is 0 Å². The standard InChI is InChI=1S/C18H25BrN2O5S/c1-16(2,3)26-15(24)21-8-7-18(25-9-13(22)23,11-17(21)5-4-6-17)14-20-12(19)10-27-14/h10H,4-9,11H2,1-3H3,(H,22,23). The van der Waals surface area contributed by atoms with Gasteiger partial charge in [-0.3, -0.25) is 0 Å². The van der Waals surface area contributed by atoms with E-state index in [2.05, 4.69) is 20.9 Å². The zero-order valence-corrected chi connectivity index (χ0v) is 18.2. The van der Waals surface area contributed by atoms with E-state index in [9.17, 15) is 9.59 Å². The molecule has 7 nitrogen and oxygen atoms in total. The maximum atomic E-state index is 12.8. The summed E-state index contributed by atoms with van der Waals surface area (Å²) in [6.45, 7) is 5.63. The van der Waals surface area contributed by atoms with E-state index >= 15 is 0 Å². The van der Waals surface area contributed by atoms with E-state index in [1.54, 1.807) is 0 Å². The summed E-state index contributed by atoms with van der Waals surface area (Å²) in [6.07, 6.45) is 3.45. The van der Waals surface area contributed by atoms with E-state index in [0.29, 0.717) is 24.0 Å². The van der Waals surface area contributed by atoms with Crippen LogP contribution in [0.4, 0.5) is 4.79 Å². The van der Waals surface area contributed by atoms with Gasteiger partial charge in [0.05, 0.1) is 0 Å². The maximum Gasteiger partial charge on any atom is 0.410 e. The lowest BCUT2D eigenvalue weighted by Crippen LogP contribution is -2.64. The van der Waals surface area contributed by atoms with Gasteiger partial charge in [-0.05, 0) is 56.0 Å². The Morgan fingerprint density at radius 3 is 2.56 bits per heavy atom. The van der Waals surface area contributed by atoms with Crippen LogP contribution >= 0.6 is 27.3 Å². The summed E-state index contributed by atoms with van der Waals surface area (Å²) in [5.74, 6) is -1.01. The van der Waals surface area contributed by atoms with Crippen molar-refractivity contribution in [3.8, 4) is 0 Å². The smallest absolute Gasteiger partial charge is 0.410 e. The lowest BCUT2D eigenvalue weighted by Gasteiger charge is -2.57. The van der Waals surface area contributed by atoms with Crippen molar-refractivity contribution in [1.82, 2.24) is 9.88 Å². The van der Waals surface area contributed by atoms with Crippen molar-refractivity contribution in [3.63, 3.8) is 0 Å². The number of carbonyl (C=O) groups excluding carboxylic acids is 1. The van der Waals surface area contributed by atoms with Gasteiger partial charge in [0.25, 0.3) is 0 Å². The van der Waals surface area contributed by atoms with Gasteiger partial charge in [-0.25, -0.2) is 14.6 Å². The highest BCUT2D eigenvalue weighted by Gasteiger charge is 2.56. The van der Waals surface area contributed by atoms with Gasteiger partial charge in [0.2, 0.25) is 0 Å². The molecule has 1 amide bonds. The number of aliphatic carboxylic acids is 1. The van der Waals surface area contributed by atoms with Crippen molar-refractivity contribution in [3.05, 3.63) is 15.0 Å². The Balaban J connectivity index is 1.88. The van der Waals surface area contributed by atoms with Gasteiger partial charge in [0.15, 0.2) is 0 Å². The number of thiazole rings is 1. The minimum atomic E-state index is -1.01. The minimum Gasteiger partial charge on any atom is -0.480 e. The lowest BCUT2D eigenvalue weighted by molar-refractivity contribution is -0.170. The Morgan fingerprint density at radius 1 is 1.37 bits per heavy atom. The SMILES string of the molecule is CC(C)(C)OC(=O)N1CCC(OCC(=O)O)(c2nc(Br)cs2)CC12CCC2. The molecule has 0 radical (unpaired) electrons. The number of carbonyl (C=O) groups is 2. The number of halogens is 1. The van der Waals surface area contributed by atoms with Crippen molar-refractivity contribution in [2.45, 2.75) is 69.6 Å². The fraction of sp³-hybridized carbons (Fsp3) is 0.722. The van der Waals surface area contributed by atoms with Crippen molar-refractivity contribution < 1.29 is 24.2 Å². The Bertz CT molecular complexity index is 728. The average Bonchev–Trinajstić information content (AvgIpc) is 2.96. The van der Waals surface area contributed by atoms with Crippen LogP contribution in [0.1, 0.15) is 57.9 Å². The summed E-state index contributed by atoms with van der Waals surface area (Å²) in [7, 11) is 0. The third-order valence-corrected chi connectivity index (χ3v) is 6.90. The largest absolute Gasteiger partial charge is 0.480 e. The summed E-state index contributed by atoms with van der Waals surface area (Å²) in [5.41, 5.74) is -1.72. The molecule has 1 unspecified atom stereocenters. The first-order valence-electron chi connectivity index (χ1n) is 9.03. The molecule has 1 aliphatic carbocycles. The van der Waals surface area contributed by atoms with E-state index in [4.69, 9.17) is 14.6 Å². The summed E-state index contributed by atoms with van der Waals surface area (Å²) in [4.78, 5) is 30.3. The molecule has 0 aromatic carbocycles. The minimum absolute atomic E-state index is 0.311. The number of aromatic nitrogens is 1. The Hall–Kier alpha value is -1.19. The van der Waals surface area contributed by atoms with Gasteiger partial charge >= 0.3 is 12.1 Å². The van der Waals surface area contributed by atoms with Gasteiger partial charge in [-0.1, -0.05) is 0 Å². The number of ether oxygens (including phenoxy) is 2. The predicted molar refractivity (Wildman–Crippen MR) is 104 cm³/mol. The zero-order chi connectivity index (χ0) is 19.9. The monoisotopic (exact) mass is 460 g/mol. The van der Waals surface area contributed by atoms with Crippen LogP contribution in [0, 0.1) is 0 Å². The van der Waals surface area contributed by atoms with Crippen molar-refractivity contribution in [2.24, 2.45) is 0 Å². The summed E-state index contributed by atoms with van der Waals surface area (Å²) in [6, 6.07) is 0. The highest BCUT2D eigenvalue weighted by Crippen LogP contribution is 2.53. The van der Waals surface area contributed by atoms with Crippen LogP contribution in [-0.2, 0) is 19.9 Å².